The van der Waals surface area contributed by atoms with Crippen molar-refractivity contribution in [2.45, 2.75) is 40.0 Å². The maximum absolute atomic E-state index is 11.4. The number of rotatable bonds is 4. The van der Waals surface area contributed by atoms with E-state index in [0.717, 1.165) is 12.8 Å². The highest BCUT2D eigenvalue weighted by molar-refractivity contribution is 6.42. The molecule has 108 valence electrons. The van der Waals surface area contributed by atoms with Crippen LogP contribution < -0.4 is 0 Å². The van der Waals surface area contributed by atoms with Gasteiger partial charge in [0.15, 0.2) is 0 Å². The van der Waals surface area contributed by atoms with Crippen molar-refractivity contribution < 1.29 is 19.8 Å². The van der Waals surface area contributed by atoms with Gasteiger partial charge in [-0.1, -0.05) is 38.8 Å². The highest BCUT2D eigenvalue weighted by atomic mass is 35.5. The van der Waals surface area contributed by atoms with Crippen LogP contribution in [0.25, 0.3) is 0 Å². The minimum absolute atomic E-state index is 0.126. The van der Waals surface area contributed by atoms with Gasteiger partial charge in [0.1, 0.15) is 5.03 Å². The van der Waals surface area contributed by atoms with E-state index in [9.17, 15) is 14.7 Å². The quantitative estimate of drug-likeness (QED) is 0.778. The van der Waals surface area contributed by atoms with E-state index in [1.807, 2.05) is 13.8 Å². The Balaban J connectivity index is 3.21. The normalized spacial score (nSPS) is 29.0. The van der Waals surface area contributed by atoms with Crippen molar-refractivity contribution >= 4 is 23.5 Å². The molecule has 19 heavy (non-hydrogen) atoms. The minimum Gasteiger partial charge on any atom is -0.478 e. The van der Waals surface area contributed by atoms with Crippen molar-refractivity contribution in [1.29, 1.82) is 0 Å². The van der Waals surface area contributed by atoms with E-state index in [1.54, 1.807) is 0 Å². The van der Waals surface area contributed by atoms with Gasteiger partial charge in [-0.15, -0.1) is 0 Å². The topological polar surface area (TPSA) is 74.6 Å². The van der Waals surface area contributed by atoms with Crippen LogP contribution in [0.15, 0.2) is 10.6 Å². The Morgan fingerprint density at radius 2 is 1.74 bits per heavy atom. The van der Waals surface area contributed by atoms with Crippen molar-refractivity contribution in [3.05, 3.63) is 10.6 Å². The highest BCUT2D eigenvalue weighted by Gasteiger charge is 2.38. The Morgan fingerprint density at radius 1 is 1.16 bits per heavy atom. The molecule has 0 spiro atoms. The van der Waals surface area contributed by atoms with Crippen LogP contribution in [0, 0.1) is 23.7 Å². The molecular weight excluding hydrogens is 268 g/mol. The van der Waals surface area contributed by atoms with Crippen LogP contribution in [0.3, 0.4) is 0 Å². The summed E-state index contributed by atoms with van der Waals surface area (Å²) < 4.78 is 0. The summed E-state index contributed by atoms with van der Waals surface area (Å²) in [6.45, 7) is 6.15. The average Bonchev–Trinajstić information content (AvgIpc) is 2.28. The van der Waals surface area contributed by atoms with Gasteiger partial charge in [0.2, 0.25) is 0 Å². The van der Waals surface area contributed by atoms with Crippen molar-refractivity contribution in [2.75, 3.05) is 0 Å². The van der Waals surface area contributed by atoms with Crippen LogP contribution >= 0.6 is 11.6 Å². The third-order valence-corrected chi connectivity index (χ3v) is 4.41. The summed E-state index contributed by atoms with van der Waals surface area (Å²) in [5, 5.41) is 17.8. The number of carbonyl (C=O) groups is 2. The molecule has 1 rings (SSSR count). The number of hydrogen-bond donors (Lipinski definition) is 2. The summed E-state index contributed by atoms with van der Waals surface area (Å²) >= 11 is 5.73. The molecule has 3 atom stereocenters. The van der Waals surface area contributed by atoms with Gasteiger partial charge < -0.3 is 10.2 Å². The summed E-state index contributed by atoms with van der Waals surface area (Å²) in [5.41, 5.74) is -0.126. The summed E-state index contributed by atoms with van der Waals surface area (Å²) in [7, 11) is 0. The van der Waals surface area contributed by atoms with Crippen molar-refractivity contribution in [1.82, 2.24) is 0 Å². The molecule has 0 aliphatic heterocycles. The predicted octanol–water partition coefficient (Wildman–Crippen LogP) is 3.36. The molecule has 2 N–H and O–H groups in total. The fraction of sp³-hybridized carbons (Fsp3) is 0.714. The van der Waals surface area contributed by atoms with Crippen LogP contribution in [-0.2, 0) is 9.59 Å². The summed E-state index contributed by atoms with van der Waals surface area (Å²) in [6, 6.07) is 0. The fourth-order valence-electron chi connectivity index (χ4n) is 3.06. The Labute approximate surface area is 118 Å². The SMILES string of the molecule is CC1CCC(C(C)C)C(C(C(=O)O)=C(Cl)C(=O)O)C1. The second-order valence-electron chi connectivity index (χ2n) is 5.77. The number of hydrogen-bond acceptors (Lipinski definition) is 2. The molecule has 0 aromatic heterocycles. The standard InChI is InChI=1S/C14H21ClO4/c1-7(2)9-5-4-8(3)6-10(9)11(13(16)17)12(15)14(18)19/h7-10H,4-6H2,1-3H3,(H,16,17)(H,18,19). The molecule has 0 saturated heterocycles. The Bertz CT molecular complexity index is 400. The minimum atomic E-state index is -1.36. The first-order valence-corrected chi connectivity index (χ1v) is 6.99. The van der Waals surface area contributed by atoms with Gasteiger partial charge in [-0.25, -0.2) is 9.59 Å². The van der Waals surface area contributed by atoms with Gasteiger partial charge in [0, 0.05) is 0 Å². The van der Waals surface area contributed by atoms with Crippen molar-refractivity contribution in [3.63, 3.8) is 0 Å². The maximum atomic E-state index is 11.4. The summed E-state index contributed by atoms with van der Waals surface area (Å²) in [5.74, 6) is -1.96. The van der Waals surface area contributed by atoms with E-state index in [1.165, 1.54) is 0 Å². The molecule has 0 aromatic rings. The first kappa shape index (κ1) is 16.0. The van der Waals surface area contributed by atoms with Crippen LogP contribution in [-0.4, -0.2) is 22.2 Å². The van der Waals surface area contributed by atoms with Crippen molar-refractivity contribution in [3.8, 4) is 0 Å². The molecule has 1 aliphatic carbocycles. The fourth-order valence-corrected chi connectivity index (χ4v) is 3.29. The number of halogens is 1. The molecule has 1 fully saturated rings. The molecule has 0 aromatic carbocycles. The van der Waals surface area contributed by atoms with Gasteiger partial charge in [0.25, 0.3) is 0 Å². The van der Waals surface area contributed by atoms with E-state index in [0.29, 0.717) is 18.3 Å². The molecule has 0 radical (unpaired) electrons. The third kappa shape index (κ3) is 3.72. The van der Waals surface area contributed by atoms with Gasteiger partial charge in [-0.3, -0.25) is 0 Å². The van der Waals surface area contributed by atoms with Gasteiger partial charge >= 0.3 is 11.9 Å². The lowest BCUT2D eigenvalue weighted by molar-refractivity contribution is -0.136. The number of carboxylic acids is 2. The lowest BCUT2D eigenvalue weighted by Gasteiger charge is -2.37. The molecule has 1 saturated carbocycles. The zero-order valence-corrected chi connectivity index (χ0v) is 12.3. The van der Waals surface area contributed by atoms with Crippen molar-refractivity contribution in [2.24, 2.45) is 23.7 Å². The van der Waals surface area contributed by atoms with Crippen LogP contribution in [0.1, 0.15) is 40.0 Å². The van der Waals surface area contributed by atoms with Crippen LogP contribution in [0.4, 0.5) is 0 Å². The zero-order chi connectivity index (χ0) is 14.7. The Kier molecular flexibility index (Phi) is 5.41. The van der Waals surface area contributed by atoms with Gasteiger partial charge in [-0.2, -0.15) is 0 Å². The summed E-state index contributed by atoms with van der Waals surface area (Å²) in [6.07, 6.45) is 2.66. The van der Waals surface area contributed by atoms with Gasteiger partial charge in [-0.05, 0) is 36.5 Å². The smallest absolute Gasteiger partial charge is 0.347 e. The molecule has 0 heterocycles. The molecule has 5 heteroatoms. The second kappa shape index (κ2) is 6.42. The Hall–Kier alpha value is -1.03. The number of carboxylic acid groups (broad SMARTS) is 2. The second-order valence-corrected chi connectivity index (χ2v) is 6.15. The lowest BCUT2D eigenvalue weighted by Crippen LogP contribution is -2.32. The molecule has 0 bridgehead atoms. The Morgan fingerprint density at radius 3 is 2.16 bits per heavy atom. The van der Waals surface area contributed by atoms with E-state index in [2.05, 4.69) is 6.92 Å². The lowest BCUT2D eigenvalue weighted by atomic mass is 9.67. The van der Waals surface area contributed by atoms with Crippen LogP contribution in [0.5, 0.6) is 0 Å². The first-order chi connectivity index (χ1) is 8.75. The molecule has 0 amide bonds. The number of aliphatic carboxylic acids is 2. The molecular formula is C14H21ClO4. The summed E-state index contributed by atoms with van der Waals surface area (Å²) in [4.78, 5) is 22.4. The molecule has 3 unspecified atom stereocenters. The zero-order valence-electron chi connectivity index (χ0n) is 11.5. The third-order valence-electron chi connectivity index (χ3n) is 4.05. The first-order valence-electron chi connectivity index (χ1n) is 6.61. The van der Waals surface area contributed by atoms with E-state index in [-0.39, 0.29) is 17.4 Å². The maximum Gasteiger partial charge on any atom is 0.347 e. The monoisotopic (exact) mass is 288 g/mol. The largest absolute Gasteiger partial charge is 0.478 e. The van der Waals surface area contributed by atoms with E-state index >= 15 is 0 Å². The molecule has 1 aliphatic rings. The average molecular weight is 289 g/mol. The molecule has 4 nitrogen and oxygen atoms in total. The van der Waals surface area contributed by atoms with Gasteiger partial charge in [0.05, 0.1) is 5.57 Å². The van der Waals surface area contributed by atoms with E-state index < -0.39 is 17.0 Å². The highest BCUT2D eigenvalue weighted by Crippen LogP contribution is 2.43. The predicted molar refractivity (Wildman–Crippen MR) is 73.0 cm³/mol. The van der Waals surface area contributed by atoms with E-state index in [4.69, 9.17) is 16.7 Å². The van der Waals surface area contributed by atoms with Crippen LogP contribution in [0.2, 0.25) is 0 Å².